The molecule has 9 heteroatoms. The summed E-state index contributed by atoms with van der Waals surface area (Å²) >= 11 is 0. The van der Waals surface area contributed by atoms with E-state index in [-0.39, 0.29) is 35.7 Å². The van der Waals surface area contributed by atoms with Crippen molar-refractivity contribution in [3.8, 4) is 5.75 Å². The molecule has 2 aromatic carbocycles. The van der Waals surface area contributed by atoms with Crippen LogP contribution in [-0.4, -0.2) is 40.1 Å². The molecule has 9 nitrogen and oxygen atoms in total. The Hall–Kier alpha value is -4.14. The molecule has 190 valence electrons. The van der Waals surface area contributed by atoms with Gasteiger partial charge in [0.15, 0.2) is 0 Å². The molecular weight excluding hydrogens is 464 g/mol. The number of aryl methyl sites for hydroxylation is 1. The molecule has 0 aliphatic rings. The summed E-state index contributed by atoms with van der Waals surface area (Å²) in [4.78, 5) is 50.3. The number of nitrogens with one attached hydrogen (secondary N) is 2. The van der Waals surface area contributed by atoms with Gasteiger partial charge in [0.25, 0.3) is 0 Å². The Morgan fingerprint density at radius 2 is 1.75 bits per heavy atom. The maximum absolute atomic E-state index is 13.1. The lowest BCUT2D eigenvalue weighted by atomic mass is 9.96. The summed E-state index contributed by atoms with van der Waals surface area (Å²) in [5.41, 5.74) is 0.924. The van der Waals surface area contributed by atoms with Gasteiger partial charge in [-0.05, 0) is 36.1 Å². The number of fused-ring (bicyclic) bond motifs is 1. The van der Waals surface area contributed by atoms with Crippen LogP contribution in [0.25, 0.3) is 11.0 Å². The van der Waals surface area contributed by atoms with Crippen LogP contribution in [-0.2, 0) is 27.2 Å². The average Bonchev–Trinajstić information content (AvgIpc) is 2.84. The van der Waals surface area contributed by atoms with E-state index < -0.39 is 35.5 Å². The molecular formula is C27H30N2O7. The highest BCUT2D eigenvalue weighted by Gasteiger charge is 2.30. The molecule has 3 atom stereocenters. The van der Waals surface area contributed by atoms with Crippen LogP contribution >= 0.6 is 0 Å². The fourth-order valence-electron chi connectivity index (χ4n) is 3.99. The molecule has 3 aromatic rings. The Morgan fingerprint density at radius 3 is 2.39 bits per heavy atom. The first-order valence-electron chi connectivity index (χ1n) is 11.7. The lowest BCUT2D eigenvalue weighted by Gasteiger charge is -2.25. The quantitative estimate of drug-likeness (QED) is 0.317. The number of rotatable bonds is 10. The summed E-state index contributed by atoms with van der Waals surface area (Å²) in [6.45, 7) is 5.31. The van der Waals surface area contributed by atoms with E-state index in [4.69, 9.17) is 4.42 Å². The van der Waals surface area contributed by atoms with Gasteiger partial charge in [-0.25, -0.2) is 9.59 Å². The number of aliphatic carboxylic acids is 1. The maximum Gasteiger partial charge on any atom is 0.340 e. The van der Waals surface area contributed by atoms with Gasteiger partial charge < -0.3 is 25.3 Å². The summed E-state index contributed by atoms with van der Waals surface area (Å²) in [7, 11) is 0. The van der Waals surface area contributed by atoms with Crippen molar-refractivity contribution in [2.45, 2.75) is 52.1 Å². The predicted octanol–water partition coefficient (Wildman–Crippen LogP) is 2.69. The third kappa shape index (κ3) is 6.29. The summed E-state index contributed by atoms with van der Waals surface area (Å²) in [5, 5.41) is 25.1. The van der Waals surface area contributed by atoms with Gasteiger partial charge in [-0.15, -0.1) is 0 Å². The van der Waals surface area contributed by atoms with Crippen LogP contribution in [0.2, 0.25) is 0 Å². The third-order valence-corrected chi connectivity index (χ3v) is 6.32. The third-order valence-electron chi connectivity index (χ3n) is 6.32. The molecule has 0 saturated heterocycles. The van der Waals surface area contributed by atoms with Gasteiger partial charge in [-0.1, -0.05) is 50.6 Å². The van der Waals surface area contributed by atoms with E-state index in [9.17, 15) is 29.4 Å². The van der Waals surface area contributed by atoms with E-state index in [1.165, 1.54) is 12.1 Å². The topological polar surface area (TPSA) is 146 Å². The van der Waals surface area contributed by atoms with E-state index in [0.717, 1.165) is 5.56 Å². The van der Waals surface area contributed by atoms with Crippen LogP contribution < -0.4 is 16.3 Å². The van der Waals surface area contributed by atoms with E-state index in [0.29, 0.717) is 17.4 Å². The van der Waals surface area contributed by atoms with Gasteiger partial charge in [-0.3, -0.25) is 9.59 Å². The zero-order chi connectivity index (χ0) is 26.4. The Balaban J connectivity index is 1.77. The Bertz CT molecular complexity index is 1320. The Labute approximate surface area is 208 Å². The van der Waals surface area contributed by atoms with Crippen molar-refractivity contribution in [1.82, 2.24) is 10.6 Å². The SMILES string of the molecule is CCC(C)C(NC(=O)Cc1c(C)c2ccc(O)cc2oc1=O)C(=O)NC(Cc1ccccc1)C(=O)O. The normalized spacial score (nSPS) is 13.5. The number of phenols is 1. The lowest BCUT2D eigenvalue weighted by molar-refractivity contribution is -0.142. The standard InChI is InChI=1S/C27H30N2O7/c1-4-15(2)24(25(32)28-21(26(33)34)12-17-8-6-5-7-9-17)29-23(31)14-20-16(3)19-11-10-18(30)13-22(19)36-27(20)35/h5-11,13,15,21,24,30H,4,12,14H2,1-3H3,(H,28,32)(H,29,31)(H,33,34). The van der Waals surface area contributed by atoms with Gasteiger partial charge in [0.05, 0.1) is 12.0 Å². The molecule has 0 aliphatic carbocycles. The van der Waals surface area contributed by atoms with Crippen molar-refractivity contribution in [3.63, 3.8) is 0 Å². The monoisotopic (exact) mass is 494 g/mol. The van der Waals surface area contributed by atoms with Crippen LogP contribution in [0.15, 0.2) is 57.7 Å². The van der Waals surface area contributed by atoms with Crippen LogP contribution in [0.5, 0.6) is 5.75 Å². The highest BCUT2D eigenvalue weighted by Crippen LogP contribution is 2.23. The number of phenolic OH excluding ortho intramolecular Hbond substituents is 1. The number of carboxylic acid groups (broad SMARTS) is 1. The van der Waals surface area contributed by atoms with Crippen molar-refractivity contribution in [1.29, 1.82) is 0 Å². The zero-order valence-electron chi connectivity index (χ0n) is 20.4. The molecule has 4 N–H and O–H groups in total. The minimum atomic E-state index is -1.18. The molecule has 0 radical (unpaired) electrons. The van der Waals surface area contributed by atoms with E-state index in [1.54, 1.807) is 44.2 Å². The number of carbonyl (C=O) groups is 3. The maximum atomic E-state index is 13.1. The summed E-state index contributed by atoms with van der Waals surface area (Å²) in [6.07, 6.45) is 0.322. The summed E-state index contributed by atoms with van der Waals surface area (Å²) in [5.74, 6) is -2.71. The number of aromatic hydroxyl groups is 1. The molecule has 3 rings (SSSR count). The van der Waals surface area contributed by atoms with Crippen molar-refractivity contribution >= 4 is 28.8 Å². The number of hydrogen-bond acceptors (Lipinski definition) is 6. The van der Waals surface area contributed by atoms with Crippen LogP contribution in [0, 0.1) is 12.8 Å². The van der Waals surface area contributed by atoms with Crippen molar-refractivity contribution < 1.29 is 29.0 Å². The van der Waals surface area contributed by atoms with Crippen LogP contribution in [0.3, 0.4) is 0 Å². The minimum Gasteiger partial charge on any atom is -0.508 e. The number of amides is 2. The molecule has 0 aliphatic heterocycles. The second-order valence-corrected chi connectivity index (χ2v) is 8.87. The Morgan fingerprint density at radius 1 is 1.06 bits per heavy atom. The van der Waals surface area contributed by atoms with Crippen molar-refractivity contribution in [3.05, 3.63) is 75.6 Å². The molecule has 2 amide bonds. The first-order chi connectivity index (χ1) is 17.1. The molecule has 1 aromatic heterocycles. The van der Waals surface area contributed by atoms with Gasteiger partial charge in [0.2, 0.25) is 11.8 Å². The van der Waals surface area contributed by atoms with Crippen molar-refractivity contribution in [2.24, 2.45) is 5.92 Å². The van der Waals surface area contributed by atoms with Gasteiger partial charge >= 0.3 is 11.6 Å². The number of carboxylic acids is 1. The van der Waals surface area contributed by atoms with E-state index in [1.807, 2.05) is 13.0 Å². The number of benzene rings is 2. The van der Waals surface area contributed by atoms with E-state index >= 15 is 0 Å². The van der Waals surface area contributed by atoms with Crippen LogP contribution in [0.4, 0.5) is 0 Å². The highest BCUT2D eigenvalue weighted by molar-refractivity contribution is 5.92. The average molecular weight is 495 g/mol. The summed E-state index contributed by atoms with van der Waals surface area (Å²) < 4.78 is 5.27. The molecule has 1 heterocycles. The van der Waals surface area contributed by atoms with Gasteiger partial charge in [-0.2, -0.15) is 0 Å². The second-order valence-electron chi connectivity index (χ2n) is 8.87. The van der Waals surface area contributed by atoms with Crippen LogP contribution in [0.1, 0.15) is 37.0 Å². The number of carbonyl (C=O) groups excluding carboxylic acids is 2. The fourth-order valence-corrected chi connectivity index (χ4v) is 3.99. The second kappa shape index (κ2) is 11.5. The summed E-state index contributed by atoms with van der Waals surface area (Å²) in [6, 6.07) is 11.1. The van der Waals surface area contributed by atoms with Gasteiger partial charge in [0, 0.05) is 17.9 Å². The highest BCUT2D eigenvalue weighted by atomic mass is 16.4. The largest absolute Gasteiger partial charge is 0.508 e. The predicted molar refractivity (Wildman–Crippen MR) is 134 cm³/mol. The Kier molecular flexibility index (Phi) is 8.47. The molecule has 3 unspecified atom stereocenters. The molecule has 0 spiro atoms. The zero-order valence-corrected chi connectivity index (χ0v) is 20.4. The molecule has 36 heavy (non-hydrogen) atoms. The first kappa shape index (κ1) is 26.5. The first-order valence-corrected chi connectivity index (χ1v) is 11.7. The smallest absolute Gasteiger partial charge is 0.340 e. The minimum absolute atomic E-state index is 0.0510. The van der Waals surface area contributed by atoms with Gasteiger partial charge in [0.1, 0.15) is 23.4 Å². The lowest BCUT2D eigenvalue weighted by Crippen LogP contribution is -2.54. The number of hydrogen-bond donors (Lipinski definition) is 4. The molecule has 0 bridgehead atoms. The molecule has 0 fully saturated rings. The van der Waals surface area contributed by atoms with E-state index in [2.05, 4.69) is 10.6 Å². The fraction of sp³-hybridized carbons (Fsp3) is 0.333. The van der Waals surface area contributed by atoms with Crippen molar-refractivity contribution in [2.75, 3.05) is 0 Å². The molecule has 0 saturated carbocycles.